The van der Waals surface area contributed by atoms with E-state index in [1.807, 2.05) is 24.3 Å². The van der Waals surface area contributed by atoms with Gasteiger partial charge in [-0.15, -0.1) is 16.4 Å². The van der Waals surface area contributed by atoms with Gasteiger partial charge in [0, 0.05) is 24.0 Å². The minimum absolute atomic E-state index is 0.178. The quantitative estimate of drug-likeness (QED) is 0.233. The highest BCUT2D eigenvalue weighted by molar-refractivity contribution is 9.10. The molecule has 0 atom stereocenters. The summed E-state index contributed by atoms with van der Waals surface area (Å²) in [7, 11) is 1.63. The van der Waals surface area contributed by atoms with Gasteiger partial charge in [0.25, 0.3) is 5.95 Å². The van der Waals surface area contributed by atoms with Crippen LogP contribution < -0.4 is 15.6 Å². The first kappa shape index (κ1) is 23.3. The number of fused-ring (bicyclic) bond motifs is 1. The molecule has 0 unspecified atom stereocenters. The van der Waals surface area contributed by atoms with Crippen LogP contribution in [0.25, 0.3) is 16.0 Å². The van der Waals surface area contributed by atoms with Gasteiger partial charge in [0.2, 0.25) is 5.88 Å². The largest absolute Gasteiger partial charge is 0.470 e. The van der Waals surface area contributed by atoms with Gasteiger partial charge < -0.3 is 4.74 Å². The lowest BCUT2D eigenvalue weighted by atomic mass is 10.1. The van der Waals surface area contributed by atoms with E-state index >= 15 is 0 Å². The molecular weight excluding hydrogens is 535 g/mol. The maximum atomic E-state index is 14.5. The normalized spacial score (nSPS) is 11.2. The van der Waals surface area contributed by atoms with Crippen molar-refractivity contribution in [3.8, 4) is 11.7 Å². The second-order valence-electron chi connectivity index (χ2n) is 7.74. The summed E-state index contributed by atoms with van der Waals surface area (Å²) in [6, 6.07) is 14.3. The van der Waals surface area contributed by atoms with Crippen molar-refractivity contribution in [1.29, 1.82) is 0 Å². The molecule has 0 saturated carbocycles. The smallest absolute Gasteiger partial charge is 0.259 e. The van der Waals surface area contributed by atoms with E-state index in [2.05, 4.69) is 41.0 Å². The molecule has 3 aromatic heterocycles. The van der Waals surface area contributed by atoms with Crippen LogP contribution in [0.15, 0.2) is 53.0 Å². The highest BCUT2D eigenvalue weighted by Crippen LogP contribution is 2.24. The van der Waals surface area contributed by atoms with Gasteiger partial charge in [-0.05, 0) is 42.8 Å². The highest BCUT2D eigenvalue weighted by Gasteiger charge is 2.18. The number of aryl methyl sites for hydroxylation is 1. The molecule has 35 heavy (non-hydrogen) atoms. The van der Waals surface area contributed by atoms with E-state index in [1.165, 1.54) is 15.8 Å². The van der Waals surface area contributed by atoms with E-state index in [9.17, 15) is 4.39 Å². The van der Waals surface area contributed by atoms with E-state index in [4.69, 9.17) is 10.6 Å². The SMILES string of the molecule is Cc1nc(OCc2nc3ccccc3s2)cc(-n2nc(N(C)N)nc2Cc2cc(Br)ccc2F)n1. The van der Waals surface area contributed by atoms with E-state index in [-0.39, 0.29) is 24.8 Å². The number of rotatable bonds is 7. The Hall–Kier alpha value is -3.48. The zero-order chi connectivity index (χ0) is 24.5. The van der Waals surface area contributed by atoms with Crippen LogP contribution in [-0.4, -0.2) is 36.8 Å². The van der Waals surface area contributed by atoms with E-state index < -0.39 is 0 Å². The molecule has 0 spiro atoms. The van der Waals surface area contributed by atoms with Gasteiger partial charge in [-0.25, -0.2) is 20.2 Å². The summed E-state index contributed by atoms with van der Waals surface area (Å²) in [6.45, 7) is 2.02. The van der Waals surface area contributed by atoms with Crippen molar-refractivity contribution in [3.05, 3.63) is 81.0 Å². The fourth-order valence-electron chi connectivity index (χ4n) is 3.45. The lowest BCUT2D eigenvalue weighted by molar-refractivity contribution is 0.292. The summed E-state index contributed by atoms with van der Waals surface area (Å²) in [5, 5.41) is 6.60. The Morgan fingerprint density at radius 2 is 1.94 bits per heavy atom. The maximum absolute atomic E-state index is 14.5. The second kappa shape index (κ2) is 9.64. The van der Waals surface area contributed by atoms with Gasteiger partial charge in [-0.3, -0.25) is 5.01 Å². The standard InChI is InChI=1S/C23H20BrFN8OS/c1-13-27-20(11-21(28-13)34-12-22-29-17-5-3-4-6-18(17)35-22)33-19(30-23(31-33)32(2)26)10-14-9-15(24)7-8-16(14)25/h3-9,11H,10,12,26H2,1-2H3. The number of anilines is 1. The minimum Gasteiger partial charge on any atom is -0.470 e. The van der Waals surface area contributed by atoms with Gasteiger partial charge in [0.05, 0.1) is 10.2 Å². The van der Waals surface area contributed by atoms with Crippen LogP contribution in [0, 0.1) is 12.7 Å². The molecule has 0 radical (unpaired) electrons. The molecule has 178 valence electrons. The molecule has 5 aromatic rings. The zero-order valence-electron chi connectivity index (χ0n) is 18.8. The van der Waals surface area contributed by atoms with Crippen molar-refractivity contribution in [1.82, 2.24) is 29.7 Å². The van der Waals surface area contributed by atoms with Gasteiger partial charge >= 0.3 is 0 Å². The number of para-hydroxylation sites is 1. The molecule has 9 nitrogen and oxygen atoms in total. The number of hydrogen-bond donors (Lipinski definition) is 1. The van der Waals surface area contributed by atoms with Gasteiger partial charge in [-0.2, -0.15) is 14.6 Å². The van der Waals surface area contributed by atoms with Crippen LogP contribution in [-0.2, 0) is 13.0 Å². The number of nitrogens with two attached hydrogens (primary N) is 1. The molecule has 0 amide bonds. The van der Waals surface area contributed by atoms with Crippen molar-refractivity contribution < 1.29 is 9.13 Å². The fourth-order valence-corrected chi connectivity index (χ4v) is 4.74. The Labute approximate surface area is 212 Å². The Morgan fingerprint density at radius 3 is 2.74 bits per heavy atom. The maximum Gasteiger partial charge on any atom is 0.259 e. The monoisotopic (exact) mass is 554 g/mol. The molecule has 5 rings (SSSR count). The summed E-state index contributed by atoms with van der Waals surface area (Å²) >= 11 is 4.96. The molecule has 0 aliphatic rings. The number of thiazole rings is 1. The predicted molar refractivity (Wildman–Crippen MR) is 135 cm³/mol. The lowest BCUT2D eigenvalue weighted by Gasteiger charge is -2.09. The van der Waals surface area contributed by atoms with Crippen LogP contribution >= 0.6 is 27.3 Å². The molecule has 2 N–H and O–H groups in total. The minimum atomic E-state index is -0.343. The number of ether oxygens (including phenoxy) is 1. The average Bonchev–Trinajstić information content (AvgIpc) is 3.44. The lowest BCUT2D eigenvalue weighted by Crippen LogP contribution is -2.26. The summed E-state index contributed by atoms with van der Waals surface area (Å²) in [6.07, 6.45) is 0.178. The van der Waals surface area contributed by atoms with Gasteiger partial charge in [-0.1, -0.05) is 28.1 Å². The van der Waals surface area contributed by atoms with Crippen LogP contribution in [0.1, 0.15) is 22.2 Å². The number of aromatic nitrogens is 6. The summed E-state index contributed by atoms with van der Waals surface area (Å²) in [4.78, 5) is 18.0. The molecule has 0 bridgehead atoms. The Bertz CT molecular complexity index is 1490. The van der Waals surface area contributed by atoms with E-state index in [0.29, 0.717) is 28.9 Å². The van der Waals surface area contributed by atoms with Crippen molar-refractivity contribution in [2.75, 3.05) is 12.1 Å². The number of benzene rings is 2. The summed E-state index contributed by atoms with van der Waals surface area (Å²) in [5.74, 6) is 7.55. The van der Waals surface area contributed by atoms with Gasteiger partial charge in [0.15, 0.2) is 5.82 Å². The average molecular weight is 555 g/mol. The molecule has 2 aromatic carbocycles. The number of halogens is 2. The summed E-state index contributed by atoms with van der Waals surface area (Å²) in [5.41, 5.74) is 1.39. The highest BCUT2D eigenvalue weighted by atomic mass is 79.9. The van der Waals surface area contributed by atoms with Gasteiger partial charge in [0.1, 0.15) is 29.1 Å². The molecule has 3 heterocycles. The fraction of sp³-hybridized carbons (Fsp3) is 0.174. The number of hydrogen-bond acceptors (Lipinski definition) is 9. The molecular formula is C23H20BrFN8OS. The van der Waals surface area contributed by atoms with Crippen molar-refractivity contribution in [2.45, 2.75) is 20.0 Å². The van der Waals surface area contributed by atoms with E-state index in [1.54, 1.807) is 43.5 Å². The van der Waals surface area contributed by atoms with Crippen LogP contribution in [0.3, 0.4) is 0 Å². The van der Waals surface area contributed by atoms with E-state index in [0.717, 1.165) is 19.7 Å². The second-order valence-corrected chi connectivity index (χ2v) is 9.77. The topological polar surface area (TPSA) is 108 Å². The molecule has 0 aliphatic carbocycles. The Kier molecular flexibility index (Phi) is 6.41. The number of hydrazine groups is 1. The van der Waals surface area contributed by atoms with Crippen LogP contribution in [0.5, 0.6) is 5.88 Å². The molecule has 12 heteroatoms. The Morgan fingerprint density at radius 1 is 1.11 bits per heavy atom. The molecule has 0 fully saturated rings. The Balaban J connectivity index is 1.46. The summed E-state index contributed by atoms with van der Waals surface area (Å²) < 4.78 is 23.8. The molecule has 0 saturated heterocycles. The third-order valence-corrected chi connectivity index (χ3v) is 6.54. The van der Waals surface area contributed by atoms with Crippen molar-refractivity contribution >= 4 is 43.4 Å². The predicted octanol–water partition coefficient (Wildman–Crippen LogP) is 4.36. The first-order valence-corrected chi connectivity index (χ1v) is 12.2. The third kappa shape index (κ3) is 5.14. The zero-order valence-corrected chi connectivity index (χ0v) is 21.2. The third-order valence-electron chi connectivity index (χ3n) is 5.03. The van der Waals surface area contributed by atoms with Crippen molar-refractivity contribution in [3.63, 3.8) is 0 Å². The van der Waals surface area contributed by atoms with Crippen LogP contribution in [0.4, 0.5) is 10.3 Å². The van der Waals surface area contributed by atoms with Crippen LogP contribution in [0.2, 0.25) is 0 Å². The first-order chi connectivity index (χ1) is 16.9. The van der Waals surface area contributed by atoms with Crippen molar-refractivity contribution in [2.24, 2.45) is 5.84 Å². The number of nitrogens with zero attached hydrogens (tertiary/aromatic N) is 7. The first-order valence-electron chi connectivity index (χ1n) is 10.6. The molecule has 0 aliphatic heterocycles.